The van der Waals surface area contributed by atoms with Crippen LogP contribution in [-0.4, -0.2) is 17.8 Å². The lowest BCUT2D eigenvalue weighted by Gasteiger charge is -2.28. The second-order valence-corrected chi connectivity index (χ2v) is 4.76. The summed E-state index contributed by atoms with van der Waals surface area (Å²) < 4.78 is 26.7. The van der Waals surface area contributed by atoms with Crippen LogP contribution >= 0.6 is 15.9 Å². The molecule has 1 N–H and O–H groups in total. The van der Waals surface area contributed by atoms with Gasteiger partial charge >= 0.3 is 6.03 Å². The van der Waals surface area contributed by atoms with Crippen LogP contribution in [0.15, 0.2) is 16.6 Å². The number of carbonyl (C=O) groups excluding carboxylic acids is 3. The molecular weight excluding hydrogens is 326 g/mol. The summed E-state index contributed by atoms with van der Waals surface area (Å²) in [5, 5.41) is 1.92. The summed E-state index contributed by atoms with van der Waals surface area (Å²) in [7, 11) is 0. The molecule has 100 valence electrons. The van der Waals surface area contributed by atoms with E-state index in [1.165, 1.54) is 6.92 Å². The molecule has 1 aromatic rings. The standard InChI is InChI=1S/C11H7BrF2N2O3/c1-4-9(17)15-11(19)16(10(4)18)8-2-5(12)6(13)3-7(8)14/h2-4H,1H3,(H,15,17,19). The lowest BCUT2D eigenvalue weighted by Crippen LogP contribution is -2.57. The Balaban J connectivity index is 2.52. The topological polar surface area (TPSA) is 66.5 Å². The van der Waals surface area contributed by atoms with E-state index >= 15 is 0 Å². The molecule has 1 saturated heterocycles. The Kier molecular flexibility index (Phi) is 3.36. The summed E-state index contributed by atoms with van der Waals surface area (Å²) in [6.07, 6.45) is 0. The van der Waals surface area contributed by atoms with Crippen molar-refractivity contribution >= 4 is 39.5 Å². The van der Waals surface area contributed by atoms with Gasteiger partial charge in [-0.1, -0.05) is 0 Å². The fraction of sp³-hybridized carbons (Fsp3) is 0.182. The number of imide groups is 2. The summed E-state index contributed by atoms with van der Waals surface area (Å²) in [5.74, 6) is -4.69. The van der Waals surface area contributed by atoms with Gasteiger partial charge in [0.2, 0.25) is 11.8 Å². The molecule has 0 saturated carbocycles. The number of nitrogens with zero attached hydrogens (tertiary/aromatic N) is 1. The molecule has 1 fully saturated rings. The first-order chi connectivity index (χ1) is 8.82. The van der Waals surface area contributed by atoms with Crippen molar-refractivity contribution < 1.29 is 23.2 Å². The maximum absolute atomic E-state index is 13.7. The van der Waals surface area contributed by atoms with E-state index in [2.05, 4.69) is 15.9 Å². The third-order valence-electron chi connectivity index (χ3n) is 2.65. The zero-order chi connectivity index (χ0) is 14.3. The molecule has 0 aromatic heterocycles. The maximum Gasteiger partial charge on any atom is 0.335 e. The second-order valence-electron chi connectivity index (χ2n) is 3.91. The van der Waals surface area contributed by atoms with Gasteiger partial charge in [-0.05, 0) is 28.9 Å². The van der Waals surface area contributed by atoms with Gasteiger partial charge in [0.1, 0.15) is 17.6 Å². The molecule has 0 spiro atoms. The minimum Gasteiger partial charge on any atom is -0.277 e. The number of hydrogen-bond acceptors (Lipinski definition) is 3. The quantitative estimate of drug-likeness (QED) is 0.631. The van der Waals surface area contributed by atoms with Crippen LogP contribution in [0, 0.1) is 17.6 Å². The van der Waals surface area contributed by atoms with E-state index in [4.69, 9.17) is 0 Å². The smallest absolute Gasteiger partial charge is 0.277 e. The second kappa shape index (κ2) is 4.69. The van der Waals surface area contributed by atoms with E-state index in [-0.39, 0.29) is 4.47 Å². The average Bonchev–Trinajstić information content (AvgIpc) is 2.33. The van der Waals surface area contributed by atoms with E-state index in [0.29, 0.717) is 11.0 Å². The van der Waals surface area contributed by atoms with Crippen LogP contribution in [0.25, 0.3) is 0 Å². The molecule has 1 heterocycles. The molecule has 8 heteroatoms. The lowest BCUT2D eigenvalue weighted by atomic mass is 10.1. The highest BCUT2D eigenvalue weighted by Crippen LogP contribution is 2.29. The Labute approximate surface area is 114 Å². The van der Waals surface area contributed by atoms with Gasteiger partial charge in [0.05, 0.1) is 10.2 Å². The van der Waals surface area contributed by atoms with E-state index < -0.39 is 41.1 Å². The predicted octanol–water partition coefficient (Wildman–Crippen LogP) is 1.95. The first kappa shape index (κ1) is 13.6. The van der Waals surface area contributed by atoms with Crippen molar-refractivity contribution in [1.29, 1.82) is 0 Å². The number of nitrogens with one attached hydrogen (secondary N) is 1. The zero-order valence-corrected chi connectivity index (χ0v) is 11.1. The highest BCUT2D eigenvalue weighted by Gasteiger charge is 2.39. The molecule has 0 bridgehead atoms. The number of halogens is 3. The molecule has 1 aromatic carbocycles. The van der Waals surface area contributed by atoms with E-state index in [1.807, 2.05) is 5.32 Å². The highest BCUT2D eigenvalue weighted by atomic mass is 79.9. The Bertz CT molecular complexity index is 606. The van der Waals surface area contributed by atoms with Crippen LogP contribution in [0.3, 0.4) is 0 Å². The molecule has 1 atom stereocenters. The Morgan fingerprint density at radius 1 is 1.21 bits per heavy atom. The van der Waals surface area contributed by atoms with Crippen molar-refractivity contribution in [3.8, 4) is 0 Å². The van der Waals surface area contributed by atoms with Crippen LogP contribution < -0.4 is 10.2 Å². The molecule has 0 aliphatic carbocycles. The largest absolute Gasteiger partial charge is 0.335 e. The number of hydrogen-bond donors (Lipinski definition) is 1. The Hall–Kier alpha value is -1.83. The number of anilines is 1. The Morgan fingerprint density at radius 2 is 1.84 bits per heavy atom. The number of carbonyl (C=O) groups is 3. The van der Waals surface area contributed by atoms with Crippen LogP contribution in [0.2, 0.25) is 0 Å². The molecule has 1 aliphatic heterocycles. The van der Waals surface area contributed by atoms with Crippen molar-refractivity contribution in [3.63, 3.8) is 0 Å². The molecule has 19 heavy (non-hydrogen) atoms. The summed E-state index contributed by atoms with van der Waals surface area (Å²) in [5.41, 5.74) is -0.421. The molecule has 1 aliphatic rings. The number of barbiturate groups is 1. The van der Waals surface area contributed by atoms with Crippen molar-refractivity contribution in [2.24, 2.45) is 5.92 Å². The maximum atomic E-state index is 13.7. The van der Waals surface area contributed by atoms with Gasteiger partial charge in [0.25, 0.3) is 0 Å². The molecule has 2 rings (SSSR count). The molecule has 5 nitrogen and oxygen atoms in total. The summed E-state index contributed by atoms with van der Waals surface area (Å²) in [4.78, 5) is 35.2. The summed E-state index contributed by atoms with van der Waals surface area (Å²) in [6.45, 7) is 1.29. The van der Waals surface area contributed by atoms with E-state index in [1.54, 1.807) is 0 Å². The van der Waals surface area contributed by atoms with Crippen LogP contribution in [-0.2, 0) is 9.59 Å². The van der Waals surface area contributed by atoms with Gasteiger partial charge in [-0.25, -0.2) is 18.5 Å². The fourth-order valence-corrected chi connectivity index (χ4v) is 1.92. The molecule has 1 unspecified atom stereocenters. The van der Waals surface area contributed by atoms with Crippen LogP contribution in [0.1, 0.15) is 6.92 Å². The predicted molar refractivity (Wildman–Crippen MR) is 64.2 cm³/mol. The normalized spacial score (nSPS) is 19.7. The average molecular weight is 333 g/mol. The van der Waals surface area contributed by atoms with Crippen molar-refractivity contribution in [3.05, 3.63) is 28.2 Å². The van der Waals surface area contributed by atoms with Gasteiger partial charge in [-0.15, -0.1) is 0 Å². The van der Waals surface area contributed by atoms with E-state index in [9.17, 15) is 23.2 Å². The number of urea groups is 1. The van der Waals surface area contributed by atoms with Gasteiger partial charge in [-0.3, -0.25) is 14.9 Å². The van der Waals surface area contributed by atoms with Crippen molar-refractivity contribution in [2.45, 2.75) is 6.92 Å². The van der Waals surface area contributed by atoms with Gasteiger partial charge in [-0.2, -0.15) is 0 Å². The summed E-state index contributed by atoms with van der Waals surface area (Å²) >= 11 is 2.84. The molecule has 4 amide bonds. The minimum absolute atomic E-state index is 0.103. The number of amides is 4. The van der Waals surface area contributed by atoms with E-state index in [0.717, 1.165) is 6.07 Å². The highest BCUT2D eigenvalue weighted by molar-refractivity contribution is 9.10. The van der Waals surface area contributed by atoms with Crippen LogP contribution in [0.4, 0.5) is 19.3 Å². The zero-order valence-electron chi connectivity index (χ0n) is 9.54. The number of rotatable bonds is 1. The SMILES string of the molecule is CC1C(=O)NC(=O)N(c2cc(Br)c(F)cc2F)C1=O. The fourth-order valence-electron chi connectivity index (χ4n) is 1.59. The summed E-state index contributed by atoms with van der Waals surface area (Å²) in [6, 6.07) is 0.441. The van der Waals surface area contributed by atoms with Crippen molar-refractivity contribution in [1.82, 2.24) is 5.32 Å². The number of benzene rings is 1. The monoisotopic (exact) mass is 332 g/mol. The first-order valence-electron chi connectivity index (χ1n) is 5.16. The molecular formula is C11H7BrF2N2O3. The van der Waals surface area contributed by atoms with Crippen molar-refractivity contribution in [2.75, 3.05) is 4.90 Å². The van der Waals surface area contributed by atoms with Gasteiger partial charge in [0.15, 0.2) is 0 Å². The first-order valence-corrected chi connectivity index (χ1v) is 5.95. The Morgan fingerprint density at radius 3 is 2.47 bits per heavy atom. The third kappa shape index (κ3) is 2.23. The molecule has 0 radical (unpaired) electrons. The van der Waals surface area contributed by atoms with Gasteiger partial charge < -0.3 is 0 Å². The lowest BCUT2D eigenvalue weighted by molar-refractivity contribution is -0.133. The third-order valence-corrected chi connectivity index (χ3v) is 3.26. The minimum atomic E-state index is -1.12. The van der Waals surface area contributed by atoms with Crippen LogP contribution in [0.5, 0.6) is 0 Å². The van der Waals surface area contributed by atoms with Gasteiger partial charge in [0, 0.05) is 6.07 Å².